The minimum Gasteiger partial charge on any atom is -0.0877 e. The highest BCUT2D eigenvalue weighted by Gasteiger charge is 2.05. The molecule has 92 valence electrons. The normalized spacial score (nSPS) is 14.2. The highest BCUT2D eigenvalue weighted by Crippen LogP contribution is 2.25. The zero-order chi connectivity index (χ0) is 13.1. The molecule has 0 bridgehead atoms. The molecule has 1 aliphatic rings. The van der Waals surface area contributed by atoms with Gasteiger partial charge in [-0.1, -0.05) is 66.2 Å². The Bertz CT molecular complexity index is 636. The second kappa shape index (κ2) is 5.32. The smallest absolute Gasteiger partial charge is 0.0877 e. The van der Waals surface area contributed by atoms with Gasteiger partial charge in [0.1, 0.15) is 7.85 Å². The van der Waals surface area contributed by atoms with Crippen molar-refractivity contribution in [1.82, 2.24) is 0 Å². The molecule has 2 aromatic rings. The van der Waals surface area contributed by atoms with E-state index >= 15 is 0 Å². The maximum absolute atomic E-state index is 2.34. The number of rotatable bonds is 2. The Labute approximate surface area is 115 Å². The summed E-state index contributed by atoms with van der Waals surface area (Å²) in [5.74, 6) is 0. The summed E-state index contributed by atoms with van der Waals surface area (Å²) in [6, 6.07) is 17.4. The van der Waals surface area contributed by atoms with Gasteiger partial charge in [0.05, 0.1) is 0 Å². The average Bonchev–Trinajstić information content (AvgIpc) is 2.48. The standard InChI is InChI=1S/C18H17B/c19-18-12-16(14-7-3-1-4-8-14)11-17(13-18)15-9-5-2-6-10-15/h1,3-5,7-13H,2,6,19H2. The largest absolute Gasteiger partial charge is 0.139 e. The molecular formula is C18H17B. The summed E-state index contributed by atoms with van der Waals surface area (Å²) in [5, 5.41) is 0. The van der Waals surface area contributed by atoms with Crippen molar-refractivity contribution in [2.75, 3.05) is 0 Å². The third-order valence-electron chi connectivity index (χ3n) is 3.51. The van der Waals surface area contributed by atoms with Crippen LogP contribution in [0.1, 0.15) is 18.4 Å². The molecule has 1 heteroatoms. The van der Waals surface area contributed by atoms with E-state index in [-0.39, 0.29) is 0 Å². The molecule has 0 N–H and O–H groups in total. The van der Waals surface area contributed by atoms with Crippen LogP contribution in [0.15, 0.2) is 66.8 Å². The fraction of sp³-hybridized carbons (Fsp3) is 0.111. The SMILES string of the molecule is Bc1cc(C2=CCCC=C2)cc(-c2ccccc2)c1. The lowest BCUT2D eigenvalue weighted by Crippen LogP contribution is -2.04. The fourth-order valence-corrected chi connectivity index (χ4v) is 2.57. The number of allylic oxidation sites excluding steroid dienone is 4. The monoisotopic (exact) mass is 244 g/mol. The third kappa shape index (κ3) is 2.71. The van der Waals surface area contributed by atoms with E-state index in [1.165, 1.54) is 34.1 Å². The predicted octanol–water partition coefficient (Wildman–Crippen LogP) is 3.35. The minimum atomic E-state index is 1.15. The van der Waals surface area contributed by atoms with E-state index in [2.05, 4.69) is 74.6 Å². The van der Waals surface area contributed by atoms with E-state index in [4.69, 9.17) is 0 Å². The van der Waals surface area contributed by atoms with E-state index in [0.717, 1.165) is 6.42 Å². The second-order valence-electron chi connectivity index (χ2n) is 5.09. The van der Waals surface area contributed by atoms with Gasteiger partial charge in [-0.3, -0.25) is 0 Å². The van der Waals surface area contributed by atoms with Gasteiger partial charge < -0.3 is 0 Å². The maximum Gasteiger partial charge on any atom is 0.139 e. The zero-order valence-corrected chi connectivity index (χ0v) is 11.3. The van der Waals surface area contributed by atoms with Crippen molar-refractivity contribution < 1.29 is 0 Å². The summed E-state index contributed by atoms with van der Waals surface area (Å²) in [5.41, 5.74) is 6.58. The van der Waals surface area contributed by atoms with Crippen LogP contribution >= 0.6 is 0 Å². The van der Waals surface area contributed by atoms with Gasteiger partial charge in [-0.05, 0) is 41.2 Å². The first-order valence-electron chi connectivity index (χ1n) is 6.87. The van der Waals surface area contributed by atoms with Gasteiger partial charge in [-0.2, -0.15) is 0 Å². The summed E-state index contributed by atoms with van der Waals surface area (Å²) in [4.78, 5) is 0. The fourth-order valence-electron chi connectivity index (χ4n) is 2.57. The topological polar surface area (TPSA) is 0 Å². The molecule has 0 atom stereocenters. The lowest BCUT2D eigenvalue weighted by molar-refractivity contribution is 1.04. The number of benzene rings is 2. The summed E-state index contributed by atoms with van der Waals surface area (Å²) in [6.45, 7) is 0. The van der Waals surface area contributed by atoms with Crippen LogP contribution in [0.3, 0.4) is 0 Å². The molecule has 0 saturated heterocycles. The molecule has 0 aromatic heterocycles. The van der Waals surface area contributed by atoms with Crippen molar-refractivity contribution >= 4 is 18.9 Å². The number of hydrogen-bond acceptors (Lipinski definition) is 0. The first-order chi connectivity index (χ1) is 9.33. The van der Waals surface area contributed by atoms with Gasteiger partial charge in [0.2, 0.25) is 0 Å². The predicted molar refractivity (Wildman–Crippen MR) is 86.4 cm³/mol. The van der Waals surface area contributed by atoms with Gasteiger partial charge in [-0.15, -0.1) is 0 Å². The van der Waals surface area contributed by atoms with E-state index in [0.29, 0.717) is 0 Å². The molecule has 0 spiro atoms. The van der Waals surface area contributed by atoms with Crippen molar-refractivity contribution in [3.63, 3.8) is 0 Å². The minimum absolute atomic E-state index is 1.15. The highest BCUT2D eigenvalue weighted by molar-refractivity contribution is 6.32. The molecule has 0 nitrogen and oxygen atoms in total. The van der Waals surface area contributed by atoms with Crippen LogP contribution < -0.4 is 5.46 Å². The molecule has 0 saturated carbocycles. The summed E-state index contributed by atoms with van der Waals surface area (Å²) >= 11 is 0. The Morgan fingerprint density at radius 2 is 1.58 bits per heavy atom. The quantitative estimate of drug-likeness (QED) is 0.711. The Kier molecular flexibility index (Phi) is 3.37. The maximum atomic E-state index is 2.34. The van der Waals surface area contributed by atoms with Crippen LogP contribution in [0, 0.1) is 0 Å². The molecule has 0 unspecified atom stereocenters. The molecule has 0 radical (unpaired) electrons. The first-order valence-corrected chi connectivity index (χ1v) is 6.87. The highest BCUT2D eigenvalue weighted by atomic mass is 14.1. The van der Waals surface area contributed by atoms with Gasteiger partial charge in [0.25, 0.3) is 0 Å². The van der Waals surface area contributed by atoms with Crippen LogP contribution in [-0.2, 0) is 0 Å². The van der Waals surface area contributed by atoms with Crippen LogP contribution in [0.5, 0.6) is 0 Å². The van der Waals surface area contributed by atoms with Crippen molar-refractivity contribution in [2.24, 2.45) is 0 Å². The molecule has 2 aromatic carbocycles. The van der Waals surface area contributed by atoms with Gasteiger partial charge >= 0.3 is 0 Å². The summed E-state index contributed by atoms with van der Waals surface area (Å²) in [7, 11) is 2.17. The third-order valence-corrected chi connectivity index (χ3v) is 3.51. The van der Waals surface area contributed by atoms with E-state index in [1.54, 1.807) is 0 Å². The van der Waals surface area contributed by atoms with Gasteiger partial charge in [0.15, 0.2) is 0 Å². The van der Waals surface area contributed by atoms with Gasteiger partial charge in [-0.25, -0.2) is 0 Å². The Balaban J connectivity index is 2.06. The molecule has 3 rings (SSSR count). The van der Waals surface area contributed by atoms with Crippen molar-refractivity contribution in [3.05, 3.63) is 72.3 Å². The van der Waals surface area contributed by atoms with Crippen molar-refractivity contribution in [3.8, 4) is 11.1 Å². The molecule has 0 aliphatic heterocycles. The summed E-state index contributed by atoms with van der Waals surface area (Å²) < 4.78 is 0. The van der Waals surface area contributed by atoms with Crippen LogP contribution in [0.2, 0.25) is 0 Å². The lowest BCUT2D eigenvalue weighted by atomic mass is 9.87. The van der Waals surface area contributed by atoms with Gasteiger partial charge in [0, 0.05) is 0 Å². The molecule has 0 fully saturated rings. The average molecular weight is 244 g/mol. The Hall–Kier alpha value is -2.02. The zero-order valence-electron chi connectivity index (χ0n) is 11.3. The molecular weight excluding hydrogens is 227 g/mol. The van der Waals surface area contributed by atoms with Crippen LogP contribution in [-0.4, -0.2) is 7.85 Å². The van der Waals surface area contributed by atoms with Crippen molar-refractivity contribution in [1.29, 1.82) is 0 Å². The Morgan fingerprint density at radius 1 is 0.789 bits per heavy atom. The molecule has 1 aliphatic carbocycles. The lowest BCUT2D eigenvalue weighted by Gasteiger charge is -2.11. The van der Waals surface area contributed by atoms with Crippen LogP contribution in [0.25, 0.3) is 16.7 Å². The first kappa shape index (κ1) is 12.0. The van der Waals surface area contributed by atoms with Crippen LogP contribution in [0.4, 0.5) is 0 Å². The Morgan fingerprint density at radius 3 is 2.32 bits per heavy atom. The second-order valence-corrected chi connectivity index (χ2v) is 5.09. The molecule has 19 heavy (non-hydrogen) atoms. The summed E-state index contributed by atoms with van der Waals surface area (Å²) in [6.07, 6.45) is 9.16. The number of hydrogen-bond donors (Lipinski definition) is 0. The van der Waals surface area contributed by atoms with E-state index < -0.39 is 0 Å². The molecule has 0 heterocycles. The van der Waals surface area contributed by atoms with E-state index in [9.17, 15) is 0 Å². The molecule has 0 amide bonds. The van der Waals surface area contributed by atoms with Crippen molar-refractivity contribution in [2.45, 2.75) is 12.8 Å². The van der Waals surface area contributed by atoms with E-state index in [1.807, 2.05) is 0 Å².